The Morgan fingerprint density at radius 1 is 1.36 bits per heavy atom. The fourth-order valence-corrected chi connectivity index (χ4v) is 4.35. The van der Waals surface area contributed by atoms with Crippen molar-refractivity contribution in [3.05, 3.63) is 16.1 Å². The first-order valence-corrected chi connectivity index (χ1v) is 10.5. The second kappa shape index (κ2) is 10.8. The molecule has 0 amide bonds. The molecule has 0 radical (unpaired) electrons. The van der Waals surface area contributed by atoms with Crippen LogP contribution in [0.15, 0.2) is 10.4 Å². The summed E-state index contributed by atoms with van der Waals surface area (Å²) < 4.78 is 5.60. The lowest BCUT2D eigenvalue weighted by Gasteiger charge is -2.30. The van der Waals surface area contributed by atoms with Crippen molar-refractivity contribution in [3.63, 3.8) is 0 Å². The molecule has 1 aliphatic rings. The highest BCUT2D eigenvalue weighted by Gasteiger charge is 2.33. The molecule has 0 bridgehead atoms. The topological polar surface area (TPSA) is 58.5 Å². The predicted molar refractivity (Wildman–Crippen MR) is 107 cm³/mol. The van der Waals surface area contributed by atoms with Crippen LogP contribution in [0.2, 0.25) is 0 Å². The number of nitrogens with one attached hydrogen (secondary N) is 2. The molecular formula is C19H34N4OS. The summed E-state index contributed by atoms with van der Waals surface area (Å²) in [7, 11) is 1.85. The van der Waals surface area contributed by atoms with E-state index in [0.717, 1.165) is 57.2 Å². The average Bonchev–Trinajstić information content (AvgIpc) is 3.24. The normalized spacial score (nSPS) is 17.0. The monoisotopic (exact) mass is 366 g/mol. The van der Waals surface area contributed by atoms with Crippen LogP contribution in [0, 0.1) is 12.3 Å². The number of ether oxygens (including phenoxy) is 1. The zero-order chi connectivity index (χ0) is 18.0. The number of hydrogen-bond donors (Lipinski definition) is 2. The molecule has 6 heteroatoms. The molecule has 0 saturated heterocycles. The molecule has 1 aromatic rings. The molecule has 1 fully saturated rings. The summed E-state index contributed by atoms with van der Waals surface area (Å²) in [6, 6.07) is 0. The number of aryl methyl sites for hydroxylation is 2. The van der Waals surface area contributed by atoms with Crippen LogP contribution in [0.4, 0.5) is 0 Å². The first-order valence-electron chi connectivity index (χ1n) is 9.61. The SMILES string of the molecule is CCOCCC1(CNC(=NC)NCCCc2nc(C)cs2)CCCC1. The third kappa shape index (κ3) is 6.94. The molecule has 2 N–H and O–H groups in total. The highest BCUT2D eigenvalue weighted by molar-refractivity contribution is 7.09. The van der Waals surface area contributed by atoms with Gasteiger partial charge in [0.05, 0.1) is 5.01 Å². The van der Waals surface area contributed by atoms with Gasteiger partial charge in [-0.25, -0.2) is 4.98 Å². The van der Waals surface area contributed by atoms with E-state index in [-0.39, 0.29) is 0 Å². The molecule has 1 aromatic heterocycles. The van der Waals surface area contributed by atoms with Crippen molar-refractivity contribution in [1.82, 2.24) is 15.6 Å². The van der Waals surface area contributed by atoms with Gasteiger partial charge in [0.1, 0.15) is 0 Å². The van der Waals surface area contributed by atoms with E-state index in [2.05, 4.69) is 39.8 Å². The molecular weight excluding hydrogens is 332 g/mol. The minimum atomic E-state index is 0.380. The molecule has 2 rings (SSSR count). The third-order valence-electron chi connectivity index (χ3n) is 5.03. The van der Waals surface area contributed by atoms with Crippen molar-refractivity contribution in [3.8, 4) is 0 Å². The van der Waals surface area contributed by atoms with E-state index in [1.165, 1.54) is 30.7 Å². The fraction of sp³-hybridized carbons (Fsp3) is 0.789. The van der Waals surface area contributed by atoms with E-state index in [0.29, 0.717) is 5.41 Å². The summed E-state index contributed by atoms with van der Waals surface area (Å²) in [5.74, 6) is 0.915. The fourth-order valence-electron chi connectivity index (χ4n) is 3.53. The first-order chi connectivity index (χ1) is 12.2. The molecule has 0 aromatic carbocycles. The Morgan fingerprint density at radius 2 is 2.16 bits per heavy atom. The van der Waals surface area contributed by atoms with Gasteiger partial charge in [0.25, 0.3) is 0 Å². The van der Waals surface area contributed by atoms with Crippen LogP contribution in [-0.2, 0) is 11.2 Å². The molecule has 0 atom stereocenters. The molecule has 1 saturated carbocycles. The summed E-state index contributed by atoms with van der Waals surface area (Å²) >= 11 is 1.75. The van der Waals surface area contributed by atoms with Crippen LogP contribution in [-0.4, -0.2) is 44.3 Å². The lowest BCUT2D eigenvalue weighted by molar-refractivity contribution is 0.105. The van der Waals surface area contributed by atoms with E-state index >= 15 is 0 Å². The molecule has 0 unspecified atom stereocenters. The Hall–Kier alpha value is -1.14. The molecule has 0 spiro atoms. The van der Waals surface area contributed by atoms with E-state index in [4.69, 9.17) is 4.74 Å². The van der Waals surface area contributed by atoms with Gasteiger partial charge < -0.3 is 15.4 Å². The van der Waals surface area contributed by atoms with Gasteiger partial charge in [-0.05, 0) is 44.9 Å². The van der Waals surface area contributed by atoms with Gasteiger partial charge in [0.2, 0.25) is 0 Å². The van der Waals surface area contributed by atoms with Crippen molar-refractivity contribution in [2.45, 2.75) is 58.8 Å². The molecule has 25 heavy (non-hydrogen) atoms. The summed E-state index contributed by atoms with van der Waals surface area (Å²) in [4.78, 5) is 8.89. The highest BCUT2D eigenvalue weighted by atomic mass is 32.1. The highest BCUT2D eigenvalue weighted by Crippen LogP contribution is 2.40. The van der Waals surface area contributed by atoms with Crippen molar-refractivity contribution in [1.29, 1.82) is 0 Å². The van der Waals surface area contributed by atoms with Crippen LogP contribution in [0.3, 0.4) is 0 Å². The van der Waals surface area contributed by atoms with Crippen LogP contribution in [0.25, 0.3) is 0 Å². The van der Waals surface area contributed by atoms with Gasteiger partial charge in [-0.1, -0.05) is 12.8 Å². The number of nitrogens with zero attached hydrogens (tertiary/aromatic N) is 2. The van der Waals surface area contributed by atoms with Gasteiger partial charge in [0, 0.05) is 50.8 Å². The van der Waals surface area contributed by atoms with Crippen molar-refractivity contribution in [2.75, 3.05) is 33.4 Å². The minimum Gasteiger partial charge on any atom is -0.382 e. The number of hydrogen-bond acceptors (Lipinski definition) is 4. The van der Waals surface area contributed by atoms with Gasteiger partial charge in [-0.3, -0.25) is 4.99 Å². The number of aromatic nitrogens is 1. The van der Waals surface area contributed by atoms with Crippen molar-refractivity contribution < 1.29 is 4.74 Å². The quantitative estimate of drug-likeness (QED) is 0.378. The Bertz CT molecular complexity index is 523. The zero-order valence-corrected chi connectivity index (χ0v) is 16.9. The van der Waals surface area contributed by atoms with Gasteiger partial charge in [-0.2, -0.15) is 0 Å². The largest absolute Gasteiger partial charge is 0.382 e. The molecule has 1 aliphatic carbocycles. The molecule has 0 aliphatic heterocycles. The van der Waals surface area contributed by atoms with E-state index in [1.807, 2.05) is 7.05 Å². The van der Waals surface area contributed by atoms with Crippen molar-refractivity contribution >= 4 is 17.3 Å². The Kier molecular flexibility index (Phi) is 8.68. The molecule has 142 valence electrons. The maximum atomic E-state index is 5.60. The standard InChI is InChI=1S/C19H34N4OS/c1-4-24-13-11-19(9-5-6-10-19)15-22-18(20-3)21-12-7-8-17-23-16(2)14-25-17/h14H,4-13,15H2,1-3H3,(H2,20,21,22). The zero-order valence-electron chi connectivity index (χ0n) is 16.1. The van der Waals surface area contributed by atoms with Crippen LogP contribution >= 0.6 is 11.3 Å². The Morgan fingerprint density at radius 3 is 2.80 bits per heavy atom. The maximum Gasteiger partial charge on any atom is 0.190 e. The summed E-state index contributed by atoms with van der Waals surface area (Å²) in [6.45, 7) is 7.71. The predicted octanol–water partition coefficient (Wildman–Crippen LogP) is 3.54. The summed E-state index contributed by atoms with van der Waals surface area (Å²) in [5, 5.41) is 10.3. The van der Waals surface area contributed by atoms with E-state index in [9.17, 15) is 0 Å². The van der Waals surface area contributed by atoms with Crippen LogP contribution in [0.5, 0.6) is 0 Å². The summed E-state index contributed by atoms with van der Waals surface area (Å²) in [6.07, 6.45) is 8.53. The molecule has 1 heterocycles. The second-order valence-corrected chi connectivity index (χ2v) is 7.94. The number of thiazole rings is 1. The molecule has 5 nitrogen and oxygen atoms in total. The number of aliphatic imine (C=N–C) groups is 1. The Labute approximate surface area is 156 Å². The summed E-state index contributed by atoms with van der Waals surface area (Å²) in [5.41, 5.74) is 1.50. The maximum absolute atomic E-state index is 5.60. The second-order valence-electron chi connectivity index (χ2n) is 6.99. The van der Waals surface area contributed by atoms with E-state index < -0.39 is 0 Å². The van der Waals surface area contributed by atoms with Crippen LogP contribution < -0.4 is 10.6 Å². The number of guanidine groups is 1. The smallest absolute Gasteiger partial charge is 0.190 e. The lowest BCUT2D eigenvalue weighted by atomic mass is 9.83. The van der Waals surface area contributed by atoms with Gasteiger partial charge in [-0.15, -0.1) is 11.3 Å². The average molecular weight is 367 g/mol. The minimum absolute atomic E-state index is 0.380. The van der Waals surface area contributed by atoms with Gasteiger partial charge >= 0.3 is 0 Å². The van der Waals surface area contributed by atoms with Crippen LogP contribution in [0.1, 0.15) is 56.2 Å². The van der Waals surface area contributed by atoms with Crippen molar-refractivity contribution in [2.24, 2.45) is 10.4 Å². The Balaban J connectivity index is 1.69. The number of rotatable bonds is 10. The third-order valence-corrected chi connectivity index (χ3v) is 6.05. The lowest BCUT2D eigenvalue weighted by Crippen LogP contribution is -2.43. The van der Waals surface area contributed by atoms with Gasteiger partial charge in [0.15, 0.2) is 5.96 Å². The van der Waals surface area contributed by atoms with E-state index in [1.54, 1.807) is 11.3 Å². The first kappa shape index (κ1) is 20.2.